The molecule has 4 rings (SSSR count). The minimum atomic E-state index is -0.422. The van der Waals surface area contributed by atoms with E-state index in [0.29, 0.717) is 10.2 Å². The third kappa shape index (κ3) is 3.86. The smallest absolute Gasteiger partial charge is 0.332 e. The quantitative estimate of drug-likeness (QED) is 0.660. The standard InChI is InChI=1S/C23H27N3O3S/c1-3-15(2)24-19(27)14-26-22-20(17-11-7-8-12-18(17)30-22)21(28)25(23(26)29)13-16-9-5-4-6-10-16/h4-6,9-10,15H,3,7-8,11-14H2,1-2H3,(H,24,27)/t15-/m1/s1. The number of nitrogens with one attached hydrogen (secondary N) is 1. The fraction of sp³-hybridized carbons (Fsp3) is 0.435. The van der Waals surface area contributed by atoms with E-state index in [1.807, 2.05) is 44.2 Å². The lowest BCUT2D eigenvalue weighted by molar-refractivity contribution is -0.122. The van der Waals surface area contributed by atoms with Crippen molar-refractivity contribution in [3.63, 3.8) is 0 Å². The number of nitrogens with zero attached hydrogens (tertiary/aromatic N) is 2. The molecule has 1 aliphatic rings. The second kappa shape index (κ2) is 8.60. The molecule has 30 heavy (non-hydrogen) atoms. The summed E-state index contributed by atoms with van der Waals surface area (Å²) in [5, 5.41) is 3.56. The Labute approximate surface area is 179 Å². The number of aromatic nitrogens is 2. The Kier molecular flexibility index (Phi) is 5.90. The van der Waals surface area contributed by atoms with Crippen LogP contribution in [0.25, 0.3) is 10.2 Å². The monoisotopic (exact) mass is 425 g/mol. The van der Waals surface area contributed by atoms with Crippen molar-refractivity contribution in [2.75, 3.05) is 0 Å². The summed E-state index contributed by atoms with van der Waals surface area (Å²) in [6.07, 6.45) is 4.74. The Morgan fingerprint density at radius 3 is 2.60 bits per heavy atom. The van der Waals surface area contributed by atoms with E-state index in [4.69, 9.17) is 0 Å². The Balaban J connectivity index is 1.88. The zero-order chi connectivity index (χ0) is 21.3. The molecule has 1 aliphatic carbocycles. The van der Waals surface area contributed by atoms with Gasteiger partial charge in [-0.1, -0.05) is 37.3 Å². The van der Waals surface area contributed by atoms with Crippen LogP contribution in [-0.4, -0.2) is 21.1 Å². The van der Waals surface area contributed by atoms with Gasteiger partial charge < -0.3 is 5.32 Å². The van der Waals surface area contributed by atoms with Crippen LogP contribution in [0.15, 0.2) is 39.9 Å². The molecule has 1 aromatic carbocycles. The lowest BCUT2D eigenvalue weighted by Crippen LogP contribution is -2.43. The molecule has 7 heteroatoms. The second-order valence-corrected chi connectivity index (χ2v) is 9.10. The molecule has 0 fully saturated rings. The SMILES string of the molecule is CC[C@@H](C)NC(=O)Cn1c(=O)n(Cc2ccccc2)c(=O)c2c3c(sc21)CCCC3. The normalized spacial score (nSPS) is 14.5. The van der Waals surface area contributed by atoms with E-state index in [9.17, 15) is 14.4 Å². The van der Waals surface area contributed by atoms with Gasteiger partial charge in [-0.3, -0.25) is 18.7 Å². The van der Waals surface area contributed by atoms with E-state index in [0.717, 1.165) is 43.2 Å². The van der Waals surface area contributed by atoms with Crippen molar-refractivity contribution >= 4 is 27.5 Å². The van der Waals surface area contributed by atoms with E-state index >= 15 is 0 Å². The van der Waals surface area contributed by atoms with Gasteiger partial charge in [-0.05, 0) is 50.2 Å². The first-order chi connectivity index (χ1) is 14.5. The third-order valence-electron chi connectivity index (χ3n) is 5.82. The first-order valence-corrected chi connectivity index (χ1v) is 11.4. The van der Waals surface area contributed by atoms with Gasteiger partial charge in [0.15, 0.2) is 0 Å². The van der Waals surface area contributed by atoms with Gasteiger partial charge in [0.1, 0.15) is 11.4 Å². The predicted octanol–water partition coefficient (Wildman–Crippen LogP) is 3.07. The number of amides is 1. The molecule has 1 N–H and O–H groups in total. The first-order valence-electron chi connectivity index (χ1n) is 10.6. The molecular weight excluding hydrogens is 398 g/mol. The van der Waals surface area contributed by atoms with Gasteiger partial charge in [0, 0.05) is 10.9 Å². The first kappa shape index (κ1) is 20.6. The van der Waals surface area contributed by atoms with Crippen LogP contribution in [-0.2, 0) is 30.7 Å². The average molecular weight is 426 g/mol. The van der Waals surface area contributed by atoms with Crippen molar-refractivity contribution in [3.8, 4) is 0 Å². The summed E-state index contributed by atoms with van der Waals surface area (Å²) in [4.78, 5) is 41.2. The molecule has 3 aromatic rings. The highest BCUT2D eigenvalue weighted by Gasteiger charge is 2.24. The molecule has 1 atom stereocenters. The summed E-state index contributed by atoms with van der Waals surface area (Å²) in [5.41, 5.74) is 1.30. The van der Waals surface area contributed by atoms with E-state index in [-0.39, 0.29) is 30.6 Å². The summed E-state index contributed by atoms with van der Waals surface area (Å²) in [5.74, 6) is -0.205. The maximum atomic E-state index is 13.4. The fourth-order valence-corrected chi connectivity index (χ4v) is 5.40. The largest absolute Gasteiger partial charge is 0.352 e. The Hall–Kier alpha value is -2.67. The van der Waals surface area contributed by atoms with Crippen LogP contribution in [0.3, 0.4) is 0 Å². The summed E-state index contributed by atoms with van der Waals surface area (Å²) in [6, 6.07) is 9.53. The van der Waals surface area contributed by atoms with Gasteiger partial charge in [0.05, 0.1) is 11.9 Å². The molecule has 0 unspecified atom stereocenters. The number of fused-ring (bicyclic) bond motifs is 3. The van der Waals surface area contributed by atoms with Gasteiger partial charge >= 0.3 is 5.69 Å². The summed E-state index contributed by atoms with van der Waals surface area (Å²) in [6.45, 7) is 4.07. The van der Waals surface area contributed by atoms with Crippen LogP contribution in [0.5, 0.6) is 0 Å². The molecular formula is C23H27N3O3S. The number of thiophene rings is 1. The van der Waals surface area contributed by atoms with Gasteiger partial charge in [-0.15, -0.1) is 11.3 Å². The van der Waals surface area contributed by atoms with Gasteiger partial charge in [-0.2, -0.15) is 0 Å². The van der Waals surface area contributed by atoms with Crippen LogP contribution < -0.4 is 16.6 Å². The fourth-order valence-electron chi connectivity index (χ4n) is 4.03. The maximum absolute atomic E-state index is 13.4. The Morgan fingerprint density at radius 2 is 1.87 bits per heavy atom. The predicted molar refractivity (Wildman–Crippen MR) is 120 cm³/mol. The number of hydrogen-bond donors (Lipinski definition) is 1. The van der Waals surface area contributed by atoms with Crippen LogP contribution in [0.4, 0.5) is 0 Å². The van der Waals surface area contributed by atoms with Crippen molar-refractivity contribution in [2.24, 2.45) is 0 Å². The van der Waals surface area contributed by atoms with Crippen molar-refractivity contribution < 1.29 is 4.79 Å². The minimum Gasteiger partial charge on any atom is -0.352 e. The lowest BCUT2D eigenvalue weighted by atomic mass is 9.97. The van der Waals surface area contributed by atoms with Crippen LogP contribution >= 0.6 is 11.3 Å². The number of benzene rings is 1. The van der Waals surface area contributed by atoms with Gasteiger partial charge in [0.2, 0.25) is 5.91 Å². The maximum Gasteiger partial charge on any atom is 0.332 e. The minimum absolute atomic E-state index is 0.0375. The highest BCUT2D eigenvalue weighted by atomic mass is 32.1. The molecule has 2 aromatic heterocycles. The molecule has 0 aliphatic heterocycles. The van der Waals surface area contributed by atoms with Crippen molar-refractivity contribution in [3.05, 3.63) is 67.2 Å². The van der Waals surface area contributed by atoms with E-state index in [1.54, 1.807) is 0 Å². The molecule has 0 saturated carbocycles. The van der Waals surface area contributed by atoms with Crippen LogP contribution in [0.1, 0.15) is 49.1 Å². The van der Waals surface area contributed by atoms with Gasteiger partial charge in [-0.25, -0.2) is 4.79 Å². The molecule has 6 nitrogen and oxygen atoms in total. The van der Waals surface area contributed by atoms with Crippen molar-refractivity contribution in [2.45, 2.75) is 65.1 Å². The zero-order valence-corrected chi connectivity index (χ0v) is 18.3. The van der Waals surface area contributed by atoms with Crippen LogP contribution in [0.2, 0.25) is 0 Å². The Morgan fingerprint density at radius 1 is 1.13 bits per heavy atom. The molecule has 2 heterocycles. The van der Waals surface area contributed by atoms with Crippen molar-refractivity contribution in [1.29, 1.82) is 0 Å². The number of carbonyl (C=O) groups excluding carboxylic acids is 1. The number of hydrogen-bond acceptors (Lipinski definition) is 4. The van der Waals surface area contributed by atoms with E-state index < -0.39 is 5.69 Å². The molecule has 0 bridgehead atoms. The third-order valence-corrected chi connectivity index (χ3v) is 7.14. The van der Waals surface area contributed by atoms with Gasteiger partial charge in [0.25, 0.3) is 5.56 Å². The lowest BCUT2D eigenvalue weighted by Gasteiger charge is -2.15. The summed E-state index contributed by atoms with van der Waals surface area (Å²) in [7, 11) is 0. The summed E-state index contributed by atoms with van der Waals surface area (Å²) < 4.78 is 2.79. The number of aryl methyl sites for hydroxylation is 2. The molecule has 1 amide bonds. The summed E-state index contributed by atoms with van der Waals surface area (Å²) >= 11 is 1.51. The number of rotatable bonds is 6. The van der Waals surface area contributed by atoms with Crippen molar-refractivity contribution in [1.82, 2.24) is 14.5 Å². The highest BCUT2D eigenvalue weighted by Crippen LogP contribution is 2.34. The van der Waals surface area contributed by atoms with Crippen LogP contribution in [0, 0.1) is 0 Å². The number of carbonyl (C=O) groups is 1. The average Bonchev–Trinajstić information content (AvgIpc) is 3.14. The molecule has 0 spiro atoms. The molecule has 158 valence electrons. The topological polar surface area (TPSA) is 73.1 Å². The van der Waals surface area contributed by atoms with E-state index in [2.05, 4.69) is 5.32 Å². The van der Waals surface area contributed by atoms with E-state index in [1.165, 1.54) is 25.3 Å². The second-order valence-electron chi connectivity index (χ2n) is 8.01. The zero-order valence-electron chi connectivity index (χ0n) is 17.4. The molecule has 0 radical (unpaired) electrons. The highest BCUT2D eigenvalue weighted by molar-refractivity contribution is 7.18. The Bertz CT molecular complexity index is 1190. The molecule has 0 saturated heterocycles.